The predicted octanol–water partition coefficient (Wildman–Crippen LogP) is 0.694. The van der Waals surface area contributed by atoms with Crippen molar-refractivity contribution in [3.8, 4) is 0 Å². The zero-order valence-corrected chi connectivity index (χ0v) is 4.03. The van der Waals surface area contributed by atoms with Crippen molar-refractivity contribution in [2.24, 2.45) is 0 Å². The summed E-state index contributed by atoms with van der Waals surface area (Å²) in [5.41, 5.74) is 0. The first-order valence-corrected chi connectivity index (χ1v) is 1.96. The average Bonchev–Trinajstić information content (AvgIpc) is 1.80. The molecule has 1 aromatic heterocycles. The molecule has 0 spiro atoms. The van der Waals surface area contributed by atoms with Gasteiger partial charge in [-0.2, -0.15) is 23.1 Å². The highest BCUT2D eigenvalue weighted by Gasteiger charge is 2.04. The molecule has 5 heteroatoms. The van der Waals surface area contributed by atoms with E-state index in [1.54, 1.807) is 0 Å². The second-order valence-electron chi connectivity index (χ2n) is 1.21. The molecule has 0 aliphatic rings. The van der Waals surface area contributed by atoms with Crippen molar-refractivity contribution in [1.82, 2.24) is 9.97 Å². The van der Waals surface area contributed by atoms with Gasteiger partial charge in [0.2, 0.25) is 5.82 Å². The van der Waals surface area contributed by atoms with Crippen molar-refractivity contribution in [3.05, 3.63) is 24.0 Å². The SMILES string of the molecule is Fc1n[c]c(F)c(F)n1. The van der Waals surface area contributed by atoms with Crippen molar-refractivity contribution < 1.29 is 13.2 Å². The third-order valence-corrected chi connectivity index (χ3v) is 0.618. The van der Waals surface area contributed by atoms with Crippen LogP contribution in [0, 0.1) is 24.0 Å². The Morgan fingerprint density at radius 1 is 1.22 bits per heavy atom. The molecule has 0 N–H and O–H groups in total. The number of halogens is 3. The topological polar surface area (TPSA) is 25.8 Å². The summed E-state index contributed by atoms with van der Waals surface area (Å²) in [5.74, 6) is -2.90. The first-order chi connectivity index (χ1) is 4.20. The number of hydrogen-bond acceptors (Lipinski definition) is 2. The highest BCUT2D eigenvalue weighted by molar-refractivity contribution is 4.84. The molecule has 1 aromatic rings. The van der Waals surface area contributed by atoms with Gasteiger partial charge >= 0.3 is 6.08 Å². The van der Waals surface area contributed by atoms with E-state index in [-0.39, 0.29) is 0 Å². The fourth-order valence-electron chi connectivity index (χ4n) is 0.296. The molecule has 0 saturated heterocycles. The summed E-state index contributed by atoms with van der Waals surface area (Å²) in [4.78, 5) is 5.04. The quantitative estimate of drug-likeness (QED) is 0.384. The van der Waals surface area contributed by atoms with Gasteiger partial charge in [-0.1, -0.05) is 0 Å². The van der Waals surface area contributed by atoms with Crippen LogP contribution in [-0.4, -0.2) is 9.97 Å². The van der Waals surface area contributed by atoms with E-state index in [1.165, 1.54) is 6.20 Å². The summed E-state index contributed by atoms with van der Waals surface area (Å²) in [6.45, 7) is 0. The van der Waals surface area contributed by atoms with E-state index >= 15 is 0 Å². The highest BCUT2D eigenvalue weighted by atomic mass is 19.2. The number of rotatable bonds is 0. The Hall–Kier alpha value is -1.13. The third kappa shape index (κ3) is 1.16. The maximum absolute atomic E-state index is 11.8. The Labute approximate surface area is 48.4 Å². The van der Waals surface area contributed by atoms with Gasteiger partial charge in [-0.05, 0) is 0 Å². The molecule has 0 fully saturated rings. The van der Waals surface area contributed by atoms with Crippen molar-refractivity contribution in [1.29, 1.82) is 0 Å². The zero-order valence-electron chi connectivity index (χ0n) is 4.03. The van der Waals surface area contributed by atoms with Gasteiger partial charge < -0.3 is 0 Å². The second-order valence-corrected chi connectivity index (χ2v) is 1.21. The van der Waals surface area contributed by atoms with E-state index in [0.29, 0.717) is 0 Å². The minimum Gasteiger partial charge on any atom is -0.199 e. The maximum Gasteiger partial charge on any atom is 0.312 e. The first-order valence-electron chi connectivity index (χ1n) is 1.96. The molecular formula is C4F3N2. The minimum absolute atomic E-state index is 1.33. The molecule has 0 aromatic carbocycles. The number of nitrogens with zero attached hydrogens (tertiary/aromatic N) is 2. The van der Waals surface area contributed by atoms with Gasteiger partial charge in [0, 0.05) is 0 Å². The molecule has 47 valence electrons. The Kier molecular flexibility index (Phi) is 1.33. The van der Waals surface area contributed by atoms with E-state index in [0.717, 1.165) is 0 Å². The minimum atomic E-state index is -1.53. The summed E-state index contributed by atoms with van der Waals surface area (Å²) in [7, 11) is 0. The Morgan fingerprint density at radius 2 is 1.89 bits per heavy atom. The molecule has 0 aliphatic carbocycles. The standard InChI is InChI=1S/C4F3N2/c5-2-1-8-4(7)9-3(2)6. The molecule has 0 atom stereocenters. The molecule has 1 radical (unpaired) electrons. The fraction of sp³-hybridized carbons (Fsp3) is 0. The molecule has 1 heterocycles. The van der Waals surface area contributed by atoms with Crippen molar-refractivity contribution in [2.45, 2.75) is 0 Å². The van der Waals surface area contributed by atoms with E-state index in [9.17, 15) is 13.2 Å². The number of hydrogen-bond donors (Lipinski definition) is 0. The average molecular weight is 133 g/mol. The summed E-state index contributed by atoms with van der Waals surface area (Å²) >= 11 is 0. The van der Waals surface area contributed by atoms with Gasteiger partial charge in [-0.3, -0.25) is 0 Å². The summed E-state index contributed by atoms with van der Waals surface area (Å²) in [6.07, 6.45) is 0.114. The molecule has 0 amide bonds. The van der Waals surface area contributed by atoms with Crippen LogP contribution in [0.15, 0.2) is 0 Å². The molecule has 0 saturated carbocycles. The highest BCUT2D eigenvalue weighted by Crippen LogP contribution is 1.97. The molecule has 0 bridgehead atoms. The van der Waals surface area contributed by atoms with E-state index < -0.39 is 17.8 Å². The lowest BCUT2D eigenvalue weighted by Gasteiger charge is -1.86. The van der Waals surface area contributed by atoms with Gasteiger partial charge in [-0.25, -0.2) is 0 Å². The first kappa shape index (κ1) is 6.00. The predicted molar refractivity (Wildman–Crippen MR) is 20.7 cm³/mol. The second kappa shape index (κ2) is 2.00. The van der Waals surface area contributed by atoms with Gasteiger partial charge in [0.1, 0.15) is 6.20 Å². The molecule has 9 heavy (non-hydrogen) atoms. The fourth-order valence-corrected chi connectivity index (χ4v) is 0.296. The van der Waals surface area contributed by atoms with Crippen LogP contribution in [-0.2, 0) is 0 Å². The Balaban J connectivity index is 3.17. The van der Waals surface area contributed by atoms with Gasteiger partial charge in [0.05, 0.1) is 0 Å². The number of aromatic nitrogens is 2. The van der Waals surface area contributed by atoms with E-state index in [2.05, 4.69) is 9.97 Å². The molecule has 2 nitrogen and oxygen atoms in total. The third-order valence-electron chi connectivity index (χ3n) is 0.618. The molecular weight excluding hydrogens is 133 g/mol. The van der Waals surface area contributed by atoms with Crippen molar-refractivity contribution in [2.75, 3.05) is 0 Å². The lowest BCUT2D eigenvalue weighted by atomic mass is 10.6. The zero-order chi connectivity index (χ0) is 6.85. The van der Waals surface area contributed by atoms with Crippen LogP contribution in [0.3, 0.4) is 0 Å². The summed E-state index contributed by atoms with van der Waals surface area (Å²) in [6, 6.07) is 0. The largest absolute Gasteiger partial charge is 0.312 e. The van der Waals surface area contributed by atoms with Crippen LogP contribution in [0.4, 0.5) is 13.2 Å². The summed E-state index contributed by atoms with van der Waals surface area (Å²) < 4.78 is 35.2. The monoisotopic (exact) mass is 133 g/mol. The lowest BCUT2D eigenvalue weighted by molar-refractivity contribution is 0.424. The van der Waals surface area contributed by atoms with E-state index in [1.807, 2.05) is 0 Å². The summed E-state index contributed by atoms with van der Waals surface area (Å²) in [5, 5.41) is 0. The smallest absolute Gasteiger partial charge is 0.199 e. The van der Waals surface area contributed by atoms with Gasteiger partial charge in [0.25, 0.3) is 5.95 Å². The molecule has 0 aliphatic heterocycles. The van der Waals surface area contributed by atoms with Gasteiger partial charge in [0.15, 0.2) is 0 Å². The normalized spacial score (nSPS) is 9.67. The molecule has 0 unspecified atom stereocenters. The van der Waals surface area contributed by atoms with E-state index in [4.69, 9.17) is 0 Å². The Morgan fingerprint density at radius 3 is 2.33 bits per heavy atom. The maximum atomic E-state index is 11.8. The van der Waals surface area contributed by atoms with Crippen LogP contribution < -0.4 is 0 Å². The van der Waals surface area contributed by atoms with Crippen LogP contribution in [0.5, 0.6) is 0 Å². The Bertz CT molecular complexity index is 225. The van der Waals surface area contributed by atoms with Gasteiger partial charge in [-0.15, -0.1) is 0 Å². The molecule has 1 rings (SSSR count). The lowest BCUT2D eigenvalue weighted by Crippen LogP contribution is -1.96. The van der Waals surface area contributed by atoms with Crippen molar-refractivity contribution >= 4 is 0 Å². The van der Waals surface area contributed by atoms with Crippen LogP contribution in [0.2, 0.25) is 0 Å². The van der Waals surface area contributed by atoms with Crippen LogP contribution in [0.1, 0.15) is 0 Å². The van der Waals surface area contributed by atoms with Crippen molar-refractivity contribution in [3.63, 3.8) is 0 Å². The van der Waals surface area contributed by atoms with Crippen LogP contribution in [0.25, 0.3) is 0 Å². The van der Waals surface area contributed by atoms with Crippen LogP contribution >= 0.6 is 0 Å².